The second-order valence-electron chi connectivity index (χ2n) is 6.10. The van der Waals surface area contributed by atoms with Crippen molar-refractivity contribution in [2.24, 2.45) is 7.05 Å². The standard InChI is InChI=1S/C20H21FN6O5/c1-10-25-26-17(32-10)16(30)24-20(2,3)19-23-13(14(28)18(31)27(19)4)15(29)22-9-11-5-7-12(21)8-6-11/h5-8,28H,9H2,1-4H3,(H,22,29)(H,24,30)/i2D3,3D3,5D,6D,7D,8D,9D2. The molecule has 0 bridgehead atoms. The molecule has 0 saturated carbocycles. The summed E-state index contributed by atoms with van der Waals surface area (Å²) in [5.41, 5.74) is -7.90. The summed E-state index contributed by atoms with van der Waals surface area (Å²) in [5, 5.41) is 20.5. The first-order valence-corrected chi connectivity index (χ1v) is 8.42. The highest BCUT2D eigenvalue weighted by atomic mass is 19.1. The van der Waals surface area contributed by atoms with Crippen LogP contribution in [0.4, 0.5) is 4.39 Å². The van der Waals surface area contributed by atoms with Crippen LogP contribution >= 0.6 is 0 Å². The predicted molar refractivity (Wildman–Crippen MR) is 108 cm³/mol. The van der Waals surface area contributed by atoms with Gasteiger partial charge in [0.2, 0.25) is 11.6 Å². The summed E-state index contributed by atoms with van der Waals surface area (Å²) in [6, 6.07) is -5.05. The van der Waals surface area contributed by atoms with Gasteiger partial charge in [-0.3, -0.25) is 19.0 Å². The Kier molecular flexibility index (Phi) is 3.08. The topological polar surface area (TPSA) is 152 Å². The number of carbonyl (C=O) groups excluding carboxylic acids is 2. The Bertz CT molecular complexity index is 1690. The molecule has 12 heteroatoms. The van der Waals surface area contributed by atoms with E-state index in [0.29, 0.717) is 0 Å². The van der Waals surface area contributed by atoms with E-state index in [1.807, 2.05) is 0 Å². The first kappa shape index (κ1) is 11.5. The van der Waals surface area contributed by atoms with E-state index in [1.54, 1.807) is 10.6 Å². The van der Waals surface area contributed by atoms with Gasteiger partial charge in [-0.2, -0.15) is 0 Å². The smallest absolute Gasteiger partial charge is 0.309 e. The van der Waals surface area contributed by atoms with E-state index in [9.17, 15) is 23.9 Å². The van der Waals surface area contributed by atoms with Crippen molar-refractivity contribution in [3.8, 4) is 5.75 Å². The maximum Gasteiger partial charge on any atom is 0.309 e. The molecule has 0 saturated heterocycles. The van der Waals surface area contributed by atoms with Gasteiger partial charge in [-0.25, -0.2) is 9.37 Å². The van der Waals surface area contributed by atoms with E-state index >= 15 is 0 Å². The Hall–Kier alpha value is -4.09. The molecule has 0 aliphatic rings. The molecule has 0 aliphatic heterocycles. The predicted octanol–water partition coefficient (Wildman–Crippen LogP) is 0.912. The third-order valence-corrected chi connectivity index (χ3v) is 3.73. The molecule has 1 aromatic carbocycles. The van der Waals surface area contributed by atoms with Crippen LogP contribution in [0.2, 0.25) is 0 Å². The minimum Gasteiger partial charge on any atom is -0.501 e. The average Bonchev–Trinajstić information content (AvgIpc) is 3.33. The average molecular weight is 456 g/mol. The number of nitrogens with zero attached hydrogens (tertiary/aromatic N) is 4. The number of aromatic hydroxyl groups is 1. The highest BCUT2D eigenvalue weighted by Crippen LogP contribution is 2.20. The molecule has 0 atom stereocenters. The van der Waals surface area contributed by atoms with Crippen LogP contribution in [0.15, 0.2) is 33.4 Å². The molecular formula is C20H21FN6O5. The lowest BCUT2D eigenvalue weighted by atomic mass is 10.0. The van der Waals surface area contributed by atoms with Gasteiger partial charge in [0.05, 0.1) is 13.8 Å². The molecule has 32 heavy (non-hydrogen) atoms. The van der Waals surface area contributed by atoms with E-state index in [2.05, 4.69) is 15.2 Å². The second kappa shape index (κ2) is 8.57. The molecule has 0 aliphatic carbocycles. The fourth-order valence-corrected chi connectivity index (χ4v) is 2.29. The molecule has 3 aromatic rings. The van der Waals surface area contributed by atoms with E-state index in [1.165, 1.54) is 6.92 Å². The molecule has 0 spiro atoms. The lowest BCUT2D eigenvalue weighted by Gasteiger charge is -2.27. The SMILES string of the molecule is [2H]c1c([2H])c(C([2H])([2H])NC(=O)c2nc(C(NC(=O)c3nnc(C)o3)(C([2H])([2H])[2H])C([2H])([2H])[2H])n(C)c(=O)c2O)c([2H])c([2H])c1F. The van der Waals surface area contributed by atoms with Crippen LogP contribution in [0, 0.1) is 12.7 Å². The zero-order valence-corrected chi connectivity index (χ0v) is 16.2. The number of hydrogen-bond acceptors (Lipinski definition) is 8. The monoisotopic (exact) mass is 456 g/mol. The van der Waals surface area contributed by atoms with Crippen LogP contribution < -0.4 is 16.2 Å². The molecular weight excluding hydrogens is 423 g/mol. The zero-order chi connectivity index (χ0) is 33.9. The number of hydrogen-bond donors (Lipinski definition) is 3. The van der Waals surface area contributed by atoms with Crippen LogP contribution in [-0.4, -0.2) is 36.7 Å². The third kappa shape index (κ3) is 4.63. The van der Waals surface area contributed by atoms with Gasteiger partial charge >= 0.3 is 11.8 Å². The van der Waals surface area contributed by atoms with Crippen molar-refractivity contribution in [2.75, 3.05) is 0 Å². The van der Waals surface area contributed by atoms with Crippen molar-refractivity contribution < 1.29 is 40.0 Å². The molecule has 0 fully saturated rings. The van der Waals surface area contributed by atoms with Crippen molar-refractivity contribution in [2.45, 2.75) is 32.7 Å². The van der Waals surface area contributed by atoms with Crippen LogP contribution in [-0.2, 0) is 19.1 Å². The summed E-state index contributed by atoms with van der Waals surface area (Å²) >= 11 is 0. The second-order valence-corrected chi connectivity index (χ2v) is 6.10. The van der Waals surface area contributed by atoms with Crippen molar-refractivity contribution in [1.29, 1.82) is 0 Å². The molecule has 168 valence electrons. The van der Waals surface area contributed by atoms with Crippen LogP contribution in [0.1, 0.15) is 68.6 Å². The molecule has 0 unspecified atom stereocenters. The summed E-state index contributed by atoms with van der Waals surface area (Å²) < 4.78 is 115. The Morgan fingerprint density at radius 3 is 2.59 bits per heavy atom. The van der Waals surface area contributed by atoms with Gasteiger partial charge in [-0.15, -0.1) is 10.2 Å². The van der Waals surface area contributed by atoms with Crippen molar-refractivity contribution in [3.63, 3.8) is 0 Å². The maximum absolute atomic E-state index is 14.0. The summed E-state index contributed by atoms with van der Waals surface area (Å²) in [6.45, 7) is -9.74. The van der Waals surface area contributed by atoms with Gasteiger partial charge < -0.3 is 20.2 Å². The molecule has 3 rings (SSSR count). The molecule has 2 amide bonds. The summed E-state index contributed by atoms with van der Waals surface area (Å²) in [6.07, 6.45) is 0. The van der Waals surface area contributed by atoms with Crippen LogP contribution in [0.5, 0.6) is 5.75 Å². The minimum absolute atomic E-state index is 0.171. The first-order chi connectivity index (χ1) is 19.9. The maximum atomic E-state index is 14.0. The highest BCUT2D eigenvalue weighted by molar-refractivity contribution is 5.94. The quantitative estimate of drug-likeness (QED) is 0.495. The number of carbonyl (C=O) groups is 2. The van der Waals surface area contributed by atoms with Crippen LogP contribution in [0.3, 0.4) is 0 Å². The molecule has 2 aromatic heterocycles. The Morgan fingerprint density at radius 1 is 1.31 bits per heavy atom. The normalized spacial score (nSPS) is 18.0. The number of benzene rings is 1. The fourth-order valence-electron chi connectivity index (χ4n) is 2.29. The van der Waals surface area contributed by atoms with Gasteiger partial charge in [-0.05, 0) is 31.4 Å². The van der Waals surface area contributed by atoms with E-state index < -0.39 is 102 Å². The number of halogens is 1. The zero-order valence-electron chi connectivity index (χ0n) is 28.2. The summed E-state index contributed by atoms with van der Waals surface area (Å²) in [5.74, 6) is -8.98. The molecule has 2 heterocycles. The number of nitrogens with one attached hydrogen (secondary N) is 2. The number of aromatic nitrogens is 4. The Morgan fingerprint density at radius 2 is 2.00 bits per heavy atom. The lowest BCUT2D eigenvalue weighted by molar-refractivity contribution is 0.0869. The van der Waals surface area contributed by atoms with E-state index in [0.717, 1.165) is 7.05 Å². The van der Waals surface area contributed by atoms with E-state index in [-0.39, 0.29) is 10.5 Å². The van der Waals surface area contributed by atoms with Gasteiger partial charge in [0.1, 0.15) is 11.6 Å². The highest BCUT2D eigenvalue weighted by Gasteiger charge is 2.32. The number of amides is 2. The summed E-state index contributed by atoms with van der Waals surface area (Å²) in [7, 11) is 0.753. The van der Waals surface area contributed by atoms with Crippen LogP contribution in [0.25, 0.3) is 0 Å². The Balaban J connectivity index is 2.28. The molecule has 3 N–H and O–H groups in total. The number of aryl methyl sites for hydroxylation is 1. The van der Waals surface area contributed by atoms with E-state index in [4.69, 9.17) is 20.9 Å². The van der Waals surface area contributed by atoms with Crippen molar-refractivity contribution >= 4 is 11.8 Å². The van der Waals surface area contributed by atoms with Gasteiger partial charge in [0, 0.05) is 28.7 Å². The number of rotatable bonds is 6. The van der Waals surface area contributed by atoms with Gasteiger partial charge in [0.25, 0.3) is 11.5 Å². The first-order valence-electron chi connectivity index (χ1n) is 14.4. The molecule has 0 radical (unpaired) electrons. The fraction of sp³-hybridized carbons (Fsp3) is 0.300. The largest absolute Gasteiger partial charge is 0.501 e. The van der Waals surface area contributed by atoms with Gasteiger partial charge in [0.15, 0.2) is 5.69 Å². The molecule has 11 nitrogen and oxygen atoms in total. The van der Waals surface area contributed by atoms with Gasteiger partial charge in [-0.1, -0.05) is 12.1 Å². The lowest BCUT2D eigenvalue weighted by Crippen LogP contribution is -2.46. The van der Waals surface area contributed by atoms with Crippen molar-refractivity contribution in [3.05, 3.63) is 69.2 Å². The third-order valence-electron chi connectivity index (χ3n) is 3.73. The minimum atomic E-state index is -3.80. The Labute approximate surface area is 198 Å². The summed E-state index contributed by atoms with van der Waals surface area (Å²) in [4.78, 5) is 42.6. The van der Waals surface area contributed by atoms with Crippen molar-refractivity contribution in [1.82, 2.24) is 30.4 Å².